The van der Waals surface area contributed by atoms with Gasteiger partial charge in [-0.15, -0.1) is 0 Å². The van der Waals surface area contributed by atoms with Crippen LogP contribution in [0.2, 0.25) is 0 Å². The third kappa shape index (κ3) is 12.2. The number of carbonyl (C=O) groups excluding carboxylic acids is 1. The first kappa shape index (κ1) is 19.2. The molecule has 120 valence electrons. The molecular formula is C15H32N2O3. The van der Waals surface area contributed by atoms with Crippen molar-refractivity contribution in [3.05, 3.63) is 0 Å². The highest BCUT2D eigenvalue weighted by atomic mass is 16.6. The number of quaternary nitrogens is 2. The highest BCUT2D eigenvalue weighted by Gasteiger charge is 2.18. The molecule has 0 unspecified atom stereocenters. The van der Waals surface area contributed by atoms with E-state index in [-0.39, 0.29) is 0 Å². The Labute approximate surface area is 124 Å². The van der Waals surface area contributed by atoms with Crippen LogP contribution in [0.1, 0.15) is 38.5 Å². The summed E-state index contributed by atoms with van der Waals surface area (Å²) >= 11 is 0. The third-order valence-corrected chi connectivity index (χ3v) is 4.05. The van der Waals surface area contributed by atoms with E-state index < -0.39 is 6.16 Å². The van der Waals surface area contributed by atoms with Gasteiger partial charge < -0.3 is 24.0 Å². The van der Waals surface area contributed by atoms with Crippen LogP contribution in [-0.2, 0) is 0 Å². The summed E-state index contributed by atoms with van der Waals surface area (Å²) in [5.74, 6) is 0. The molecule has 0 N–H and O–H groups in total. The van der Waals surface area contributed by atoms with Crippen LogP contribution in [-0.4, -0.2) is 69.5 Å². The van der Waals surface area contributed by atoms with Crippen LogP contribution in [0, 0.1) is 0 Å². The lowest BCUT2D eigenvalue weighted by Gasteiger charge is -2.33. The average Bonchev–Trinajstić information content (AvgIpc) is 2.28. The van der Waals surface area contributed by atoms with Crippen molar-refractivity contribution in [2.45, 2.75) is 38.5 Å². The van der Waals surface area contributed by atoms with Crippen molar-refractivity contribution >= 4 is 6.16 Å². The first-order valence-corrected chi connectivity index (χ1v) is 7.67. The van der Waals surface area contributed by atoms with Crippen LogP contribution >= 0.6 is 0 Å². The van der Waals surface area contributed by atoms with Gasteiger partial charge in [0.25, 0.3) is 0 Å². The van der Waals surface area contributed by atoms with Crippen LogP contribution in [0.3, 0.4) is 0 Å². The second-order valence-electron chi connectivity index (χ2n) is 7.14. The monoisotopic (exact) mass is 288 g/mol. The van der Waals surface area contributed by atoms with Gasteiger partial charge in [0.05, 0.1) is 54.4 Å². The first-order chi connectivity index (χ1) is 9.15. The molecule has 2 heterocycles. The maximum atomic E-state index is 8.33. The van der Waals surface area contributed by atoms with Gasteiger partial charge in [-0.25, -0.2) is 0 Å². The number of hydrogen-bond acceptors (Lipinski definition) is 3. The molecule has 2 aliphatic heterocycles. The van der Waals surface area contributed by atoms with E-state index in [0.29, 0.717) is 0 Å². The molecule has 20 heavy (non-hydrogen) atoms. The van der Waals surface area contributed by atoms with Crippen molar-refractivity contribution < 1.29 is 24.0 Å². The van der Waals surface area contributed by atoms with Crippen LogP contribution < -0.4 is 10.2 Å². The fourth-order valence-electron chi connectivity index (χ4n) is 2.74. The minimum Gasteiger partial charge on any atom is -0.652 e. The Morgan fingerprint density at radius 1 is 0.650 bits per heavy atom. The summed E-state index contributed by atoms with van der Waals surface area (Å²) in [7, 11) is 9.27. The van der Waals surface area contributed by atoms with E-state index in [1.54, 1.807) is 0 Å². The van der Waals surface area contributed by atoms with Gasteiger partial charge >= 0.3 is 0 Å². The Morgan fingerprint density at radius 3 is 0.950 bits per heavy atom. The fourth-order valence-corrected chi connectivity index (χ4v) is 2.74. The van der Waals surface area contributed by atoms with E-state index in [9.17, 15) is 0 Å². The van der Waals surface area contributed by atoms with Crippen molar-refractivity contribution in [2.24, 2.45) is 0 Å². The van der Waals surface area contributed by atoms with E-state index in [1.165, 1.54) is 73.7 Å². The number of carbonyl (C=O) groups is 1. The van der Waals surface area contributed by atoms with E-state index >= 15 is 0 Å². The molecule has 0 aliphatic carbocycles. The maximum absolute atomic E-state index is 8.33. The molecule has 0 aromatic heterocycles. The minimum atomic E-state index is -2.33. The van der Waals surface area contributed by atoms with Crippen molar-refractivity contribution in [3.8, 4) is 0 Å². The van der Waals surface area contributed by atoms with Gasteiger partial charge in [-0.1, -0.05) is 0 Å². The van der Waals surface area contributed by atoms with Crippen LogP contribution in [0.4, 0.5) is 4.79 Å². The molecule has 0 bridgehead atoms. The first-order valence-electron chi connectivity index (χ1n) is 7.67. The summed E-state index contributed by atoms with van der Waals surface area (Å²) in [4.78, 5) is 8.33. The predicted molar refractivity (Wildman–Crippen MR) is 76.8 cm³/mol. The van der Waals surface area contributed by atoms with Gasteiger partial charge in [0.15, 0.2) is 0 Å². The topological polar surface area (TPSA) is 63.2 Å². The highest BCUT2D eigenvalue weighted by Crippen LogP contribution is 2.12. The van der Waals surface area contributed by atoms with Crippen LogP contribution in [0.5, 0.6) is 0 Å². The molecule has 0 aromatic carbocycles. The molecule has 2 fully saturated rings. The predicted octanol–water partition coefficient (Wildman–Crippen LogP) is 0.0464. The van der Waals surface area contributed by atoms with E-state index in [4.69, 9.17) is 15.0 Å². The molecule has 0 aromatic rings. The highest BCUT2D eigenvalue weighted by molar-refractivity contribution is 5.47. The Morgan fingerprint density at radius 2 is 0.850 bits per heavy atom. The lowest BCUT2D eigenvalue weighted by molar-refractivity contribution is -0.894. The lowest BCUT2D eigenvalue weighted by Crippen LogP contribution is -2.43. The zero-order valence-corrected chi connectivity index (χ0v) is 13.7. The Bertz CT molecular complexity index is 236. The molecule has 0 atom stereocenters. The zero-order valence-electron chi connectivity index (χ0n) is 13.7. The SMILES string of the molecule is C[N+]1(C)CCCCC1.C[N+]1(C)CCCCC1.O=C([O-])[O-]. The summed E-state index contributed by atoms with van der Waals surface area (Å²) in [6, 6.07) is 0. The van der Waals surface area contributed by atoms with Crippen molar-refractivity contribution in [1.29, 1.82) is 0 Å². The van der Waals surface area contributed by atoms with E-state index in [0.717, 1.165) is 0 Å². The number of piperidine rings is 2. The molecule has 0 spiro atoms. The van der Waals surface area contributed by atoms with Gasteiger partial charge in [-0.3, -0.25) is 0 Å². The number of carboxylic acid groups (broad SMARTS) is 2. The van der Waals surface area contributed by atoms with Crippen molar-refractivity contribution in [2.75, 3.05) is 54.4 Å². The molecule has 2 rings (SSSR count). The average molecular weight is 288 g/mol. The molecule has 0 saturated carbocycles. The number of hydrogen-bond donors (Lipinski definition) is 0. The molecule has 2 saturated heterocycles. The molecule has 0 amide bonds. The van der Waals surface area contributed by atoms with Gasteiger partial charge in [-0.05, 0) is 44.7 Å². The summed E-state index contributed by atoms with van der Waals surface area (Å²) in [6.07, 6.45) is 6.34. The van der Waals surface area contributed by atoms with Crippen molar-refractivity contribution in [1.82, 2.24) is 0 Å². The van der Waals surface area contributed by atoms with Gasteiger partial charge in [-0.2, -0.15) is 0 Å². The molecular weight excluding hydrogens is 256 g/mol. The second-order valence-corrected chi connectivity index (χ2v) is 7.14. The number of nitrogens with zero attached hydrogens (tertiary/aromatic N) is 2. The number of rotatable bonds is 0. The van der Waals surface area contributed by atoms with E-state index in [1.807, 2.05) is 0 Å². The molecule has 0 radical (unpaired) electrons. The van der Waals surface area contributed by atoms with Crippen LogP contribution in [0.25, 0.3) is 0 Å². The van der Waals surface area contributed by atoms with Crippen molar-refractivity contribution in [3.63, 3.8) is 0 Å². The van der Waals surface area contributed by atoms with Crippen LogP contribution in [0.15, 0.2) is 0 Å². The van der Waals surface area contributed by atoms with E-state index in [2.05, 4.69) is 28.2 Å². The Balaban J connectivity index is 0.000000289. The van der Waals surface area contributed by atoms with Gasteiger partial charge in [0.2, 0.25) is 0 Å². The Kier molecular flexibility index (Phi) is 8.81. The summed E-state index contributed by atoms with van der Waals surface area (Å²) in [5.41, 5.74) is 0. The number of likely N-dealkylation sites (tertiary alicyclic amines) is 2. The van der Waals surface area contributed by atoms with Gasteiger partial charge in [0, 0.05) is 0 Å². The largest absolute Gasteiger partial charge is 0.652 e. The fraction of sp³-hybridized carbons (Fsp3) is 0.933. The van der Waals surface area contributed by atoms with Gasteiger partial charge in [0.1, 0.15) is 0 Å². The molecule has 5 nitrogen and oxygen atoms in total. The summed E-state index contributed by atoms with van der Waals surface area (Å²) < 4.78 is 2.50. The lowest BCUT2D eigenvalue weighted by atomic mass is 10.1. The Hall–Kier alpha value is -0.810. The zero-order chi connectivity index (χ0) is 15.6. The summed E-state index contributed by atoms with van der Waals surface area (Å²) in [6.45, 7) is 5.56. The summed E-state index contributed by atoms with van der Waals surface area (Å²) in [5, 5.41) is 16.7. The minimum absolute atomic E-state index is 1.25. The molecule has 2 aliphatic rings. The standard InChI is InChI=1S/2C7H16N.CH2O3/c2*1-8(2)6-4-3-5-7-8;2-1(3)4/h2*3-7H2,1-2H3;(H2,2,3,4)/q2*+1;/p-2. The molecule has 5 heteroatoms. The smallest absolute Gasteiger partial charge is 0.0782 e. The normalized spacial score (nSPS) is 23.4. The third-order valence-electron chi connectivity index (χ3n) is 4.05. The second kappa shape index (κ2) is 9.19. The quantitative estimate of drug-likeness (QED) is 0.592. The maximum Gasteiger partial charge on any atom is 0.0782 e.